The van der Waals surface area contributed by atoms with Crippen molar-refractivity contribution in [1.82, 2.24) is 0 Å². The third-order valence-electron chi connectivity index (χ3n) is 4.27. The van der Waals surface area contributed by atoms with Crippen LogP contribution in [-0.4, -0.2) is 64.4 Å². The highest BCUT2D eigenvalue weighted by molar-refractivity contribution is 5.81. The van der Waals surface area contributed by atoms with Crippen molar-refractivity contribution in [2.24, 2.45) is 0 Å². The van der Waals surface area contributed by atoms with E-state index in [1.807, 2.05) is 0 Å². The van der Waals surface area contributed by atoms with Gasteiger partial charge >= 0.3 is 5.63 Å². The highest BCUT2D eigenvalue weighted by Crippen LogP contribution is 2.27. The van der Waals surface area contributed by atoms with Crippen molar-refractivity contribution in [1.29, 1.82) is 0 Å². The molecule has 1 saturated heterocycles. The fourth-order valence-electron chi connectivity index (χ4n) is 2.89. The largest absolute Gasteiger partial charge is 0.462 e. The average Bonchev–Trinajstić information content (AvgIpc) is 2.62. The third-order valence-corrected chi connectivity index (χ3v) is 4.27. The van der Waals surface area contributed by atoms with E-state index < -0.39 is 49.6 Å². The van der Waals surface area contributed by atoms with Crippen molar-refractivity contribution in [2.45, 2.75) is 37.1 Å². The molecule has 4 N–H and O–H groups in total. The van der Waals surface area contributed by atoms with Crippen LogP contribution in [0.1, 0.15) is 5.56 Å². The van der Waals surface area contributed by atoms with Crippen molar-refractivity contribution >= 4 is 11.0 Å². The number of benzene rings is 1. The van der Waals surface area contributed by atoms with Crippen LogP contribution in [-0.2, 0) is 11.2 Å². The molecule has 0 unspecified atom stereocenters. The molecule has 3 rings (SSSR count). The Labute approximate surface area is 147 Å². The number of aliphatic hydroxyl groups excluding tert-OH is 4. The summed E-state index contributed by atoms with van der Waals surface area (Å²) in [7, 11) is 0. The number of fused-ring (bicyclic) bond motifs is 1. The van der Waals surface area contributed by atoms with Crippen molar-refractivity contribution < 1.29 is 38.7 Å². The molecular formula is C17H19FO8. The zero-order valence-electron chi connectivity index (χ0n) is 13.6. The highest BCUT2D eigenvalue weighted by Gasteiger charge is 2.44. The quantitative estimate of drug-likeness (QED) is 0.518. The van der Waals surface area contributed by atoms with Crippen LogP contribution in [0.4, 0.5) is 4.39 Å². The molecule has 1 aliphatic rings. The molecule has 0 aliphatic carbocycles. The van der Waals surface area contributed by atoms with E-state index in [1.165, 1.54) is 18.2 Å². The molecule has 2 heterocycles. The second-order valence-corrected chi connectivity index (χ2v) is 6.00. The lowest BCUT2D eigenvalue weighted by Gasteiger charge is -2.39. The molecule has 9 heteroatoms. The van der Waals surface area contributed by atoms with E-state index in [1.54, 1.807) is 6.07 Å². The van der Waals surface area contributed by atoms with Crippen LogP contribution in [0, 0.1) is 0 Å². The van der Waals surface area contributed by atoms with E-state index in [2.05, 4.69) is 0 Å². The molecule has 26 heavy (non-hydrogen) atoms. The summed E-state index contributed by atoms with van der Waals surface area (Å²) >= 11 is 0. The van der Waals surface area contributed by atoms with Gasteiger partial charge in [-0.3, -0.25) is 4.39 Å². The van der Waals surface area contributed by atoms with Gasteiger partial charge in [-0.15, -0.1) is 0 Å². The maximum absolute atomic E-state index is 12.6. The maximum atomic E-state index is 12.6. The van der Waals surface area contributed by atoms with Gasteiger partial charge in [-0.1, -0.05) is 0 Å². The van der Waals surface area contributed by atoms with E-state index in [0.29, 0.717) is 10.9 Å². The Balaban J connectivity index is 1.88. The molecule has 1 aromatic carbocycles. The maximum Gasteiger partial charge on any atom is 0.336 e. The predicted octanol–water partition coefficient (Wildman–Crippen LogP) is -0.516. The first-order valence-corrected chi connectivity index (χ1v) is 8.04. The summed E-state index contributed by atoms with van der Waals surface area (Å²) in [5, 5.41) is 39.3. The predicted molar refractivity (Wildman–Crippen MR) is 86.6 cm³/mol. The minimum atomic E-state index is -1.57. The van der Waals surface area contributed by atoms with Crippen LogP contribution in [0.15, 0.2) is 33.5 Å². The summed E-state index contributed by atoms with van der Waals surface area (Å²) in [5.74, 6) is 0.155. The second-order valence-electron chi connectivity index (χ2n) is 6.00. The minimum absolute atomic E-state index is 0.0645. The van der Waals surface area contributed by atoms with Gasteiger partial charge in [0.25, 0.3) is 0 Å². The van der Waals surface area contributed by atoms with Crippen LogP contribution in [0.25, 0.3) is 11.0 Å². The Bertz CT molecular complexity index is 820. The zero-order chi connectivity index (χ0) is 18.8. The lowest BCUT2D eigenvalue weighted by atomic mass is 9.99. The molecular weight excluding hydrogens is 351 g/mol. The van der Waals surface area contributed by atoms with Gasteiger partial charge in [-0.25, -0.2) is 4.79 Å². The van der Waals surface area contributed by atoms with Crippen LogP contribution in [0.2, 0.25) is 0 Å². The number of hydrogen-bond acceptors (Lipinski definition) is 8. The molecule has 0 bridgehead atoms. The van der Waals surface area contributed by atoms with Crippen molar-refractivity contribution in [3.8, 4) is 5.75 Å². The first-order valence-electron chi connectivity index (χ1n) is 8.04. The number of halogens is 1. The first-order chi connectivity index (χ1) is 12.4. The summed E-state index contributed by atoms with van der Waals surface area (Å²) in [5.41, 5.74) is 0.0344. The van der Waals surface area contributed by atoms with Crippen LogP contribution in [0.3, 0.4) is 0 Å². The van der Waals surface area contributed by atoms with E-state index in [4.69, 9.17) is 13.9 Å². The molecule has 0 spiro atoms. The Kier molecular flexibility index (Phi) is 5.54. The van der Waals surface area contributed by atoms with Gasteiger partial charge in [0.2, 0.25) is 6.29 Å². The fourth-order valence-corrected chi connectivity index (χ4v) is 2.89. The second kappa shape index (κ2) is 7.68. The zero-order valence-corrected chi connectivity index (χ0v) is 13.6. The van der Waals surface area contributed by atoms with E-state index in [0.717, 1.165) is 0 Å². The molecule has 142 valence electrons. The van der Waals surface area contributed by atoms with Crippen LogP contribution in [0.5, 0.6) is 5.75 Å². The number of rotatable bonds is 5. The van der Waals surface area contributed by atoms with Gasteiger partial charge in [-0.2, -0.15) is 0 Å². The van der Waals surface area contributed by atoms with Gasteiger partial charge in [-0.05, 0) is 17.7 Å². The van der Waals surface area contributed by atoms with Crippen molar-refractivity contribution in [3.05, 3.63) is 40.2 Å². The lowest BCUT2D eigenvalue weighted by molar-refractivity contribution is -0.277. The van der Waals surface area contributed by atoms with Gasteiger partial charge in [0.15, 0.2) is 0 Å². The van der Waals surface area contributed by atoms with E-state index >= 15 is 0 Å². The lowest BCUT2D eigenvalue weighted by Crippen LogP contribution is -2.60. The summed E-state index contributed by atoms with van der Waals surface area (Å²) in [6.45, 7) is -1.20. The fraction of sp³-hybridized carbons (Fsp3) is 0.471. The minimum Gasteiger partial charge on any atom is -0.462 e. The Morgan fingerprint density at radius 3 is 2.58 bits per heavy atom. The number of hydrogen-bond donors (Lipinski definition) is 4. The van der Waals surface area contributed by atoms with Gasteiger partial charge in [0.1, 0.15) is 35.7 Å². The summed E-state index contributed by atoms with van der Waals surface area (Å²) in [6, 6.07) is 5.67. The average molecular weight is 370 g/mol. The van der Waals surface area contributed by atoms with Gasteiger partial charge in [0, 0.05) is 23.9 Å². The number of aryl methyl sites for hydroxylation is 1. The van der Waals surface area contributed by atoms with E-state index in [9.17, 15) is 29.6 Å². The topological polar surface area (TPSA) is 130 Å². The summed E-state index contributed by atoms with van der Waals surface area (Å²) < 4.78 is 28.5. The standard InChI is InChI=1S/C17H19FO8/c18-4-3-8-5-13(20)25-11-6-9(1-2-10(8)11)24-17-16(23)15(22)14(21)12(7-19)26-17/h1-2,5-6,12,14-17,19,21-23H,3-4,7H2/t12-,14-,15+,16-,17-/m1/s1. The molecule has 0 amide bonds. The monoisotopic (exact) mass is 370 g/mol. The first kappa shape index (κ1) is 18.7. The van der Waals surface area contributed by atoms with Crippen LogP contribution >= 0.6 is 0 Å². The molecule has 8 nitrogen and oxygen atoms in total. The van der Waals surface area contributed by atoms with Crippen LogP contribution < -0.4 is 10.4 Å². The van der Waals surface area contributed by atoms with Crippen molar-refractivity contribution in [3.63, 3.8) is 0 Å². The van der Waals surface area contributed by atoms with Gasteiger partial charge in [0.05, 0.1) is 13.3 Å². The molecule has 5 atom stereocenters. The smallest absolute Gasteiger partial charge is 0.336 e. The normalized spacial score (nSPS) is 29.0. The molecule has 1 fully saturated rings. The number of ether oxygens (including phenoxy) is 2. The van der Waals surface area contributed by atoms with Gasteiger partial charge < -0.3 is 34.3 Å². The third kappa shape index (κ3) is 3.57. The molecule has 1 aliphatic heterocycles. The molecule has 1 aromatic heterocycles. The van der Waals surface area contributed by atoms with Crippen molar-refractivity contribution in [2.75, 3.05) is 13.3 Å². The Morgan fingerprint density at radius 1 is 1.12 bits per heavy atom. The van der Waals surface area contributed by atoms with E-state index in [-0.39, 0.29) is 17.8 Å². The Morgan fingerprint density at radius 2 is 1.88 bits per heavy atom. The summed E-state index contributed by atoms with van der Waals surface area (Å²) in [4.78, 5) is 11.6. The number of alkyl halides is 1. The molecule has 2 aromatic rings. The molecule has 0 radical (unpaired) electrons. The Hall–Kier alpha value is -2.04. The SMILES string of the molecule is O=c1cc(CCF)c2ccc(O[C@@H]3O[C@H](CO)[C@@H](O)[C@H](O)[C@H]3O)cc2o1. The molecule has 0 saturated carbocycles. The summed E-state index contributed by atoms with van der Waals surface area (Å²) in [6.07, 6.45) is -7.02. The number of aliphatic hydroxyl groups is 4. The highest BCUT2D eigenvalue weighted by atomic mass is 19.1.